The van der Waals surface area contributed by atoms with E-state index in [4.69, 9.17) is 16.6 Å². The van der Waals surface area contributed by atoms with Gasteiger partial charge in [-0.15, -0.1) is 0 Å². The number of nitrogens with zero attached hydrogens (tertiary/aromatic N) is 3. The molecule has 6 N–H and O–H groups in total. The first-order valence-corrected chi connectivity index (χ1v) is 10.4. The number of carboxylic acid groups (broad SMARTS) is 1. The van der Waals surface area contributed by atoms with Crippen LogP contribution in [0, 0.1) is 11.6 Å². The maximum absolute atomic E-state index is 14.2. The van der Waals surface area contributed by atoms with E-state index in [1.165, 1.54) is 6.07 Å². The van der Waals surface area contributed by atoms with Gasteiger partial charge in [0.2, 0.25) is 11.9 Å². The summed E-state index contributed by atoms with van der Waals surface area (Å²) in [5.41, 5.74) is 13.6. The molecular weight excluding hydrogens is 442 g/mol. The number of fused-ring (bicyclic) bond motifs is 1. The average Bonchev–Trinajstić information content (AvgIpc) is 2.78. The van der Waals surface area contributed by atoms with Gasteiger partial charge in [-0.1, -0.05) is 36.4 Å². The van der Waals surface area contributed by atoms with Gasteiger partial charge in [-0.3, -0.25) is 4.79 Å². The molecule has 3 aromatic carbocycles. The first-order chi connectivity index (χ1) is 16.2. The van der Waals surface area contributed by atoms with E-state index in [1.54, 1.807) is 42.5 Å². The fourth-order valence-electron chi connectivity index (χ4n) is 3.56. The van der Waals surface area contributed by atoms with E-state index in [9.17, 15) is 13.6 Å². The summed E-state index contributed by atoms with van der Waals surface area (Å²) in [7, 11) is 0. The van der Waals surface area contributed by atoms with Crippen molar-refractivity contribution in [3.8, 4) is 11.4 Å². The van der Waals surface area contributed by atoms with Gasteiger partial charge in [0.15, 0.2) is 5.82 Å². The molecule has 174 valence electrons. The molecule has 1 unspecified atom stereocenters. The molecule has 2 atom stereocenters. The summed E-state index contributed by atoms with van der Waals surface area (Å²) in [6, 6.07) is 12.9. The van der Waals surface area contributed by atoms with Gasteiger partial charge in [0.05, 0.1) is 6.04 Å². The van der Waals surface area contributed by atoms with Gasteiger partial charge in [0.25, 0.3) is 0 Å². The topological polar surface area (TPSA) is 140 Å². The van der Waals surface area contributed by atoms with E-state index in [0.717, 1.165) is 17.2 Å². The molecule has 4 rings (SSSR count). The van der Waals surface area contributed by atoms with Crippen molar-refractivity contribution in [1.29, 1.82) is 0 Å². The van der Waals surface area contributed by atoms with Crippen LogP contribution in [0.4, 0.5) is 20.7 Å². The second kappa shape index (κ2) is 9.36. The minimum Gasteiger partial charge on any atom is -0.480 e. The van der Waals surface area contributed by atoms with Crippen molar-refractivity contribution in [2.45, 2.75) is 25.4 Å². The SMILES string of the molecule is CC(Nc1nc(N)nc(-c2ccc(C[C@H](N)C(=O)O)cc2)n1)c1ccc2cc(F)cc(F)c2c1. The number of hydrogen-bond acceptors (Lipinski definition) is 7. The van der Waals surface area contributed by atoms with E-state index in [2.05, 4.69) is 20.3 Å². The van der Waals surface area contributed by atoms with Crippen LogP contribution in [0.5, 0.6) is 0 Å². The van der Waals surface area contributed by atoms with Crippen LogP contribution in [0.25, 0.3) is 22.2 Å². The highest BCUT2D eigenvalue weighted by atomic mass is 19.1. The Balaban J connectivity index is 1.55. The van der Waals surface area contributed by atoms with Crippen LogP contribution >= 0.6 is 0 Å². The molecule has 0 saturated carbocycles. The quantitative estimate of drug-likeness (QED) is 0.325. The van der Waals surface area contributed by atoms with Crippen molar-refractivity contribution in [2.24, 2.45) is 5.73 Å². The normalized spacial score (nSPS) is 12.9. The molecule has 0 spiro atoms. The van der Waals surface area contributed by atoms with Crippen LogP contribution in [-0.2, 0) is 11.2 Å². The van der Waals surface area contributed by atoms with E-state index in [0.29, 0.717) is 22.2 Å². The second-order valence-corrected chi connectivity index (χ2v) is 7.92. The molecule has 0 bridgehead atoms. The lowest BCUT2D eigenvalue weighted by atomic mass is 10.0. The van der Waals surface area contributed by atoms with E-state index < -0.39 is 23.6 Å². The van der Waals surface area contributed by atoms with Gasteiger partial charge in [-0.25, -0.2) is 8.78 Å². The first kappa shape index (κ1) is 23.0. The van der Waals surface area contributed by atoms with Crippen LogP contribution in [0.3, 0.4) is 0 Å². The Kier molecular flexibility index (Phi) is 6.33. The minimum atomic E-state index is -1.07. The number of nitrogen functional groups attached to an aromatic ring is 1. The van der Waals surface area contributed by atoms with Gasteiger partial charge in [0.1, 0.15) is 17.7 Å². The smallest absolute Gasteiger partial charge is 0.320 e. The molecular formula is C24H22F2N6O2. The molecule has 0 amide bonds. The van der Waals surface area contributed by atoms with E-state index >= 15 is 0 Å². The highest BCUT2D eigenvalue weighted by Gasteiger charge is 2.15. The third-order valence-corrected chi connectivity index (χ3v) is 5.38. The Bertz CT molecular complexity index is 1360. The summed E-state index contributed by atoms with van der Waals surface area (Å²) in [6.07, 6.45) is 0.193. The third kappa shape index (κ3) is 5.07. The van der Waals surface area contributed by atoms with Crippen LogP contribution in [0.2, 0.25) is 0 Å². The van der Waals surface area contributed by atoms with Gasteiger partial charge < -0.3 is 21.9 Å². The number of rotatable bonds is 7. The Morgan fingerprint density at radius 3 is 2.50 bits per heavy atom. The van der Waals surface area contributed by atoms with Gasteiger partial charge in [-0.2, -0.15) is 15.0 Å². The summed E-state index contributed by atoms with van der Waals surface area (Å²) in [6.45, 7) is 1.85. The minimum absolute atomic E-state index is 0.0108. The summed E-state index contributed by atoms with van der Waals surface area (Å²) in [5.74, 6) is -1.77. The second-order valence-electron chi connectivity index (χ2n) is 7.92. The zero-order chi connectivity index (χ0) is 24.4. The molecule has 0 fully saturated rings. The number of carboxylic acids is 1. The monoisotopic (exact) mass is 464 g/mol. The van der Waals surface area contributed by atoms with Crippen molar-refractivity contribution in [3.05, 3.63) is 77.4 Å². The first-order valence-electron chi connectivity index (χ1n) is 10.4. The van der Waals surface area contributed by atoms with Gasteiger partial charge in [-0.05, 0) is 42.0 Å². The molecule has 0 aliphatic heterocycles. The molecule has 1 aromatic heterocycles. The maximum Gasteiger partial charge on any atom is 0.320 e. The number of carbonyl (C=O) groups is 1. The number of benzene rings is 3. The molecule has 8 nitrogen and oxygen atoms in total. The molecule has 10 heteroatoms. The molecule has 0 saturated heterocycles. The Labute approximate surface area is 193 Å². The predicted octanol–water partition coefficient (Wildman–Crippen LogP) is 3.68. The van der Waals surface area contributed by atoms with E-state index in [1.807, 2.05) is 6.92 Å². The fourth-order valence-corrected chi connectivity index (χ4v) is 3.56. The molecule has 4 aromatic rings. The average molecular weight is 464 g/mol. The van der Waals surface area contributed by atoms with Crippen LogP contribution in [0.1, 0.15) is 24.1 Å². The van der Waals surface area contributed by atoms with Gasteiger partial charge in [0, 0.05) is 17.0 Å². The highest BCUT2D eigenvalue weighted by Crippen LogP contribution is 2.26. The zero-order valence-corrected chi connectivity index (χ0v) is 18.2. The van der Waals surface area contributed by atoms with Crippen LogP contribution < -0.4 is 16.8 Å². The summed E-state index contributed by atoms with van der Waals surface area (Å²) < 4.78 is 27.7. The number of nitrogens with one attached hydrogen (secondary N) is 1. The third-order valence-electron chi connectivity index (χ3n) is 5.38. The molecule has 0 aliphatic rings. The number of nitrogens with two attached hydrogens (primary N) is 2. The number of aliphatic carboxylic acids is 1. The Morgan fingerprint density at radius 2 is 1.79 bits per heavy atom. The Hall–Kier alpha value is -4.18. The summed E-state index contributed by atoms with van der Waals surface area (Å²) in [4.78, 5) is 23.7. The largest absolute Gasteiger partial charge is 0.480 e. The number of anilines is 2. The standard InChI is InChI=1S/C24H22F2N6O2/c1-12(15-6-7-16-9-17(25)11-19(26)18(16)10-15)29-24-31-21(30-23(28)32-24)14-4-2-13(3-5-14)8-20(27)22(33)34/h2-7,9-12,20H,8,27H2,1H3,(H,33,34)(H3,28,29,30,31,32)/t12?,20-/m0/s1. The van der Waals surface area contributed by atoms with Gasteiger partial charge >= 0.3 is 5.97 Å². The lowest BCUT2D eigenvalue weighted by Crippen LogP contribution is -2.32. The number of halogens is 2. The molecule has 0 radical (unpaired) electrons. The Morgan fingerprint density at radius 1 is 1.06 bits per heavy atom. The molecule has 34 heavy (non-hydrogen) atoms. The lowest BCUT2D eigenvalue weighted by molar-refractivity contribution is -0.138. The summed E-state index contributed by atoms with van der Waals surface area (Å²) >= 11 is 0. The van der Waals surface area contributed by atoms with Crippen molar-refractivity contribution in [2.75, 3.05) is 11.1 Å². The fraction of sp³-hybridized carbons (Fsp3) is 0.167. The zero-order valence-electron chi connectivity index (χ0n) is 18.2. The van der Waals surface area contributed by atoms with Crippen molar-refractivity contribution >= 4 is 28.6 Å². The maximum atomic E-state index is 14.2. The van der Waals surface area contributed by atoms with Crippen molar-refractivity contribution in [3.63, 3.8) is 0 Å². The highest BCUT2D eigenvalue weighted by molar-refractivity contribution is 5.84. The number of hydrogen-bond donors (Lipinski definition) is 4. The summed E-state index contributed by atoms with van der Waals surface area (Å²) in [5, 5.41) is 12.9. The predicted molar refractivity (Wildman–Crippen MR) is 125 cm³/mol. The lowest BCUT2D eigenvalue weighted by Gasteiger charge is -2.16. The van der Waals surface area contributed by atoms with Crippen LogP contribution in [-0.4, -0.2) is 32.1 Å². The van der Waals surface area contributed by atoms with Crippen LogP contribution in [0.15, 0.2) is 54.6 Å². The van der Waals surface area contributed by atoms with Crippen molar-refractivity contribution < 1.29 is 18.7 Å². The van der Waals surface area contributed by atoms with E-state index in [-0.39, 0.29) is 24.4 Å². The number of aromatic nitrogens is 3. The van der Waals surface area contributed by atoms with Crippen molar-refractivity contribution in [1.82, 2.24) is 15.0 Å². The molecule has 0 aliphatic carbocycles. The molecule has 1 heterocycles.